The number of likely N-dealkylation sites (N-methyl/N-ethyl adjacent to an activating group) is 1. The van der Waals surface area contributed by atoms with Crippen LogP contribution in [0.15, 0.2) is 11.2 Å². The van der Waals surface area contributed by atoms with Crippen molar-refractivity contribution in [1.82, 2.24) is 20.5 Å². The number of hydrogen-bond acceptors (Lipinski definition) is 4. The van der Waals surface area contributed by atoms with Gasteiger partial charge in [-0.1, -0.05) is 12.8 Å². The van der Waals surface area contributed by atoms with Crippen LogP contribution < -0.4 is 10.6 Å². The summed E-state index contributed by atoms with van der Waals surface area (Å²) in [5.41, 5.74) is 0. The molecule has 6 heteroatoms. The van der Waals surface area contributed by atoms with Crippen molar-refractivity contribution in [1.29, 1.82) is 0 Å². The van der Waals surface area contributed by atoms with Gasteiger partial charge in [0.25, 0.3) is 0 Å². The molecule has 0 atom stereocenters. The van der Waals surface area contributed by atoms with Crippen molar-refractivity contribution in [3.05, 3.63) is 16.1 Å². The normalized spacial score (nSPS) is 16.7. The lowest BCUT2D eigenvalue weighted by molar-refractivity contribution is 0.249. The first-order valence-electron chi connectivity index (χ1n) is 7.75. The molecule has 1 heterocycles. The van der Waals surface area contributed by atoms with Crippen LogP contribution in [0.2, 0.25) is 0 Å². The van der Waals surface area contributed by atoms with Gasteiger partial charge in [0.15, 0.2) is 5.96 Å². The number of aliphatic imine (C=N–C) groups is 1. The Morgan fingerprint density at radius 1 is 1.43 bits per heavy atom. The lowest BCUT2D eigenvalue weighted by Crippen LogP contribution is -2.42. The molecule has 0 amide bonds. The van der Waals surface area contributed by atoms with E-state index in [0.717, 1.165) is 36.6 Å². The highest BCUT2D eigenvalue weighted by atomic mass is 32.1. The first-order valence-corrected chi connectivity index (χ1v) is 8.56. The van der Waals surface area contributed by atoms with Crippen molar-refractivity contribution < 1.29 is 0 Å². The molecule has 0 aliphatic heterocycles. The van der Waals surface area contributed by atoms with Gasteiger partial charge in [0.05, 0.1) is 6.54 Å². The fraction of sp³-hybridized carbons (Fsp3) is 0.733. The van der Waals surface area contributed by atoms with Crippen LogP contribution in [0.3, 0.4) is 0 Å². The summed E-state index contributed by atoms with van der Waals surface area (Å²) in [6.45, 7) is 4.79. The van der Waals surface area contributed by atoms with Gasteiger partial charge < -0.3 is 15.5 Å². The van der Waals surface area contributed by atoms with E-state index in [1.165, 1.54) is 30.6 Å². The Bertz CT molecular complexity index is 451. The quantitative estimate of drug-likeness (QED) is 0.623. The van der Waals surface area contributed by atoms with Crippen LogP contribution in [0, 0.1) is 6.92 Å². The van der Waals surface area contributed by atoms with E-state index in [4.69, 9.17) is 0 Å². The molecule has 0 spiro atoms. The summed E-state index contributed by atoms with van der Waals surface area (Å²) in [6, 6.07) is 0.778. The zero-order valence-electron chi connectivity index (χ0n) is 13.4. The highest BCUT2D eigenvalue weighted by Gasteiger charge is 2.18. The number of aryl methyl sites for hydroxylation is 1. The number of hydrogen-bond donors (Lipinski definition) is 2. The Kier molecular flexibility index (Phi) is 6.45. The predicted octanol–water partition coefficient (Wildman–Crippen LogP) is 1.99. The summed E-state index contributed by atoms with van der Waals surface area (Å²) in [6.07, 6.45) is 7.39. The maximum absolute atomic E-state index is 4.35. The summed E-state index contributed by atoms with van der Waals surface area (Å²) in [5, 5.41) is 7.78. The average Bonchev–Trinajstić information content (AvgIpc) is 3.13. The molecule has 21 heavy (non-hydrogen) atoms. The van der Waals surface area contributed by atoms with Crippen molar-refractivity contribution >= 4 is 17.3 Å². The van der Waals surface area contributed by atoms with E-state index in [0.29, 0.717) is 0 Å². The zero-order chi connectivity index (χ0) is 15.1. The Hall–Kier alpha value is -1.14. The first-order chi connectivity index (χ1) is 10.2. The standard InChI is InChI=1S/C15H27N5S/c1-12-10-18-14(21-12)11-19-15(16-2)17-8-9-20(3)13-6-4-5-7-13/h10,13H,4-9,11H2,1-3H3,(H2,16,17,19). The van der Waals surface area contributed by atoms with E-state index in [1.807, 2.05) is 13.2 Å². The topological polar surface area (TPSA) is 52.6 Å². The van der Waals surface area contributed by atoms with Crippen molar-refractivity contribution in [2.24, 2.45) is 4.99 Å². The van der Waals surface area contributed by atoms with Crippen molar-refractivity contribution in [2.45, 2.75) is 45.2 Å². The van der Waals surface area contributed by atoms with E-state index in [2.05, 4.69) is 39.5 Å². The van der Waals surface area contributed by atoms with Gasteiger partial charge in [0.1, 0.15) is 5.01 Å². The fourth-order valence-corrected chi connectivity index (χ4v) is 3.47. The number of nitrogens with zero attached hydrogens (tertiary/aromatic N) is 3. The molecule has 1 aromatic heterocycles. The number of aromatic nitrogens is 1. The molecule has 1 aromatic rings. The summed E-state index contributed by atoms with van der Waals surface area (Å²) < 4.78 is 0. The maximum Gasteiger partial charge on any atom is 0.191 e. The molecule has 0 unspecified atom stereocenters. The highest BCUT2D eigenvalue weighted by molar-refractivity contribution is 7.11. The molecule has 118 valence electrons. The monoisotopic (exact) mass is 309 g/mol. The Balaban J connectivity index is 1.65. The molecule has 0 radical (unpaired) electrons. The number of guanidine groups is 1. The third-order valence-corrected chi connectivity index (χ3v) is 4.92. The van der Waals surface area contributed by atoms with Crippen molar-refractivity contribution in [3.8, 4) is 0 Å². The van der Waals surface area contributed by atoms with Crippen molar-refractivity contribution in [3.63, 3.8) is 0 Å². The number of thiazole rings is 1. The first kappa shape index (κ1) is 16.2. The van der Waals surface area contributed by atoms with Gasteiger partial charge in [-0.2, -0.15) is 0 Å². The minimum atomic E-state index is 0.733. The molecular formula is C15H27N5S. The van der Waals surface area contributed by atoms with E-state index in [9.17, 15) is 0 Å². The Morgan fingerprint density at radius 2 is 2.19 bits per heavy atom. The molecule has 5 nitrogen and oxygen atoms in total. The highest BCUT2D eigenvalue weighted by Crippen LogP contribution is 2.21. The lowest BCUT2D eigenvalue weighted by atomic mass is 10.2. The van der Waals surface area contributed by atoms with Crippen LogP contribution in [0.5, 0.6) is 0 Å². The van der Waals surface area contributed by atoms with Gasteiger partial charge >= 0.3 is 0 Å². The van der Waals surface area contributed by atoms with E-state index < -0.39 is 0 Å². The summed E-state index contributed by atoms with van der Waals surface area (Å²) in [7, 11) is 4.04. The largest absolute Gasteiger partial charge is 0.355 e. The van der Waals surface area contributed by atoms with Gasteiger partial charge in [-0.3, -0.25) is 4.99 Å². The molecule has 0 bridgehead atoms. The Labute approximate surface area is 131 Å². The third-order valence-electron chi connectivity index (χ3n) is 4.00. The summed E-state index contributed by atoms with van der Waals surface area (Å²) in [4.78, 5) is 12.3. The van der Waals surface area contributed by atoms with E-state index in [-0.39, 0.29) is 0 Å². The van der Waals surface area contributed by atoms with Crippen LogP contribution in [-0.4, -0.2) is 49.1 Å². The smallest absolute Gasteiger partial charge is 0.191 e. The van der Waals surface area contributed by atoms with Crippen LogP contribution in [0.25, 0.3) is 0 Å². The second kappa shape index (κ2) is 8.34. The summed E-state index contributed by atoms with van der Waals surface area (Å²) in [5.74, 6) is 0.850. The fourth-order valence-electron chi connectivity index (χ4n) is 2.74. The molecule has 2 N–H and O–H groups in total. The van der Waals surface area contributed by atoms with Crippen LogP contribution >= 0.6 is 11.3 Å². The molecule has 1 aliphatic carbocycles. The minimum Gasteiger partial charge on any atom is -0.355 e. The Morgan fingerprint density at radius 3 is 2.81 bits per heavy atom. The summed E-state index contributed by atoms with van der Waals surface area (Å²) >= 11 is 1.72. The number of nitrogens with one attached hydrogen (secondary N) is 2. The molecule has 1 aliphatic rings. The molecule has 2 rings (SSSR count). The molecule has 1 fully saturated rings. The van der Waals surface area contributed by atoms with Gasteiger partial charge in [-0.05, 0) is 26.8 Å². The van der Waals surface area contributed by atoms with E-state index in [1.54, 1.807) is 11.3 Å². The minimum absolute atomic E-state index is 0.733. The van der Waals surface area contributed by atoms with Gasteiger partial charge in [-0.15, -0.1) is 11.3 Å². The SMILES string of the molecule is CN=C(NCCN(C)C1CCCC1)NCc1ncc(C)s1. The second-order valence-corrected chi connectivity index (χ2v) is 6.96. The van der Waals surface area contributed by atoms with Crippen LogP contribution in [-0.2, 0) is 6.54 Å². The lowest BCUT2D eigenvalue weighted by Gasteiger charge is -2.24. The second-order valence-electron chi connectivity index (χ2n) is 5.64. The molecule has 1 saturated carbocycles. The van der Waals surface area contributed by atoms with E-state index >= 15 is 0 Å². The van der Waals surface area contributed by atoms with Crippen molar-refractivity contribution in [2.75, 3.05) is 27.2 Å². The average molecular weight is 309 g/mol. The molecule has 0 saturated heterocycles. The van der Waals surface area contributed by atoms with Gasteiger partial charge in [0, 0.05) is 37.3 Å². The third kappa shape index (κ3) is 5.28. The van der Waals surface area contributed by atoms with Crippen LogP contribution in [0.1, 0.15) is 35.6 Å². The van der Waals surface area contributed by atoms with Gasteiger partial charge in [0.2, 0.25) is 0 Å². The zero-order valence-corrected chi connectivity index (χ0v) is 14.2. The molecule has 0 aromatic carbocycles. The van der Waals surface area contributed by atoms with Crippen LogP contribution in [0.4, 0.5) is 0 Å². The molecular weight excluding hydrogens is 282 g/mol. The predicted molar refractivity (Wildman–Crippen MR) is 89.9 cm³/mol. The number of rotatable bonds is 6. The maximum atomic E-state index is 4.35. The van der Waals surface area contributed by atoms with Gasteiger partial charge in [-0.25, -0.2) is 4.98 Å².